The number of amides is 1. The third kappa shape index (κ3) is 5.46. The van der Waals surface area contributed by atoms with Crippen molar-refractivity contribution >= 4 is 17.7 Å². The van der Waals surface area contributed by atoms with Crippen LogP contribution in [0.25, 0.3) is 0 Å². The van der Waals surface area contributed by atoms with Crippen molar-refractivity contribution in [1.82, 2.24) is 19.8 Å². The zero-order chi connectivity index (χ0) is 17.5. The smallest absolute Gasteiger partial charge is 0.233 e. The third-order valence-electron chi connectivity index (χ3n) is 3.00. The van der Waals surface area contributed by atoms with Crippen LogP contribution < -0.4 is 5.84 Å². The van der Waals surface area contributed by atoms with E-state index < -0.39 is 0 Å². The summed E-state index contributed by atoms with van der Waals surface area (Å²) in [6.45, 7) is 6.57. The maximum Gasteiger partial charge on any atom is 0.233 e. The third-order valence-corrected chi connectivity index (χ3v) is 3.93. The van der Waals surface area contributed by atoms with Crippen LogP contribution in [0.2, 0.25) is 0 Å². The fraction of sp³-hybridized carbons (Fsp3) is 0.643. The minimum atomic E-state index is -0.240. The molecule has 1 aromatic heterocycles. The molecule has 9 heteroatoms. The van der Waals surface area contributed by atoms with Crippen LogP contribution in [-0.4, -0.2) is 44.5 Å². The van der Waals surface area contributed by atoms with Gasteiger partial charge in [-0.05, 0) is 0 Å². The lowest BCUT2D eigenvalue weighted by Gasteiger charge is -2.20. The highest BCUT2D eigenvalue weighted by atomic mass is 32.2. The number of nitriles is 2. The average Bonchev–Trinajstić information content (AvgIpc) is 2.86. The first-order valence-electron chi connectivity index (χ1n) is 7.16. The molecular formula is C14H21N7OS. The molecule has 0 aliphatic carbocycles. The van der Waals surface area contributed by atoms with Gasteiger partial charge in [-0.25, -0.2) is 4.68 Å². The first-order chi connectivity index (χ1) is 10.8. The van der Waals surface area contributed by atoms with Crippen molar-refractivity contribution < 1.29 is 4.79 Å². The Bertz CT molecular complexity index is 603. The number of hydrogen-bond donors (Lipinski definition) is 1. The predicted octanol–water partition coefficient (Wildman–Crippen LogP) is 1.04. The summed E-state index contributed by atoms with van der Waals surface area (Å²) in [5.74, 6) is 6.59. The van der Waals surface area contributed by atoms with E-state index in [-0.39, 0.29) is 29.9 Å². The molecule has 0 atom stereocenters. The minimum absolute atomic E-state index is 0.135. The molecule has 1 amide bonds. The lowest BCUT2D eigenvalue weighted by atomic mass is 9.96. The van der Waals surface area contributed by atoms with E-state index in [0.717, 1.165) is 0 Å². The molecular weight excluding hydrogens is 314 g/mol. The van der Waals surface area contributed by atoms with E-state index in [1.54, 1.807) is 0 Å². The van der Waals surface area contributed by atoms with E-state index in [9.17, 15) is 4.79 Å². The lowest BCUT2D eigenvalue weighted by Crippen LogP contribution is -2.34. The number of rotatable bonds is 7. The molecule has 0 bridgehead atoms. The summed E-state index contributed by atoms with van der Waals surface area (Å²) < 4.78 is 1.40. The number of thioether (sulfide) groups is 1. The van der Waals surface area contributed by atoms with Crippen molar-refractivity contribution in [2.45, 2.75) is 44.2 Å². The summed E-state index contributed by atoms with van der Waals surface area (Å²) in [5, 5.41) is 25.8. The van der Waals surface area contributed by atoms with Gasteiger partial charge in [-0.15, -0.1) is 10.2 Å². The molecule has 0 spiro atoms. The Kier molecular flexibility index (Phi) is 6.86. The molecule has 1 heterocycles. The van der Waals surface area contributed by atoms with E-state index in [1.807, 2.05) is 32.9 Å². The maximum absolute atomic E-state index is 12.2. The van der Waals surface area contributed by atoms with Gasteiger partial charge in [-0.1, -0.05) is 32.5 Å². The van der Waals surface area contributed by atoms with Gasteiger partial charge in [0.05, 0.1) is 30.7 Å². The van der Waals surface area contributed by atoms with Crippen molar-refractivity contribution in [1.29, 1.82) is 10.5 Å². The van der Waals surface area contributed by atoms with Gasteiger partial charge < -0.3 is 10.7 Å². The molecule has 0 fully saturated rings. The van der Waals surface area contributed by atoms with Crippen molar-refractivity contribution in [3.8, 4) is 12.1 Å². The van der Waals surface area contributed by atoms with Gasteiger partial charge in [0.1, 0.15) is 0 Å². The SMILES string of the molecule is CC(C)(C)c1nnc(SCC(=O)N(CCC#N)CCC#N)n1N. The summed E-state index contributed by atoms with van der Waals surface area (Å²) >= 11 is 1.19. The fourth-order valence-corrected chi connectivity index (χ4v) is 2.59. The topological polar surface area (TPSA) is 125 Å². The second-order valence-corrected chi connectivity index (χ2v) is 6.85. The second kappa shape index (κ2) is 8.39. The summed E-state index contributed by atoms with van der Waals surface area (Å²) in [6, 6.07) is 4.00. The molecule has 0 aliphatic rings. The van der Waals surface area contributed by atoms with E-state index in [0.29, 0.717) is 24.1 Å². The van der Waals surface area contributed by atoms with Crippen LogP contribution in [0.5, 0.6) is 0 Å². The first kappa shape index (κ1) is 18.8. The Morgan fingerprint density at radius 3 is 2.26 bits per heavy atom. The van der Waals surface area contributed by atoms with Gasteiger partial charge in [0, 0.05) is 18.5 Å². The Morgan fingerprint density at radius 1 is 1.26 bits per heavy atom. The van der Waals surface area contributed by atoms with E-state index in [1.165, 1.54) is 21.3 Å². The summed E-state index contributed by atoms with van der Waals surface area (Å²) in [6.07, 6.45) is 0.478. The molecule has 0 aromatic carbocycles. The number of carbonyl (C=O) groups is 1. The lowest BCUT2D eigenvalue weighted by molar-refractivity contribution is -0.128. The molecule has 8 nitrogen and oxygen atoms in total. The molecule has 1 aromatic rings. The van der Waals surface area contributed by atoms with Crippen LogP contribution in [0.15, 0.2) is 5.16 Å². The Balaban J connectivity index is 2.69. The quantitative estimate of drug-likeness (QED) is 0.583. The monoisotopic (exact) mass is 335 g/mol. The number of carbonyl (C=O) groups excluding carboxylic acids is 1. The molecule has 23 heavy (non-hydrogen) atoms. The van der Waals surface area contributed by atoms with Crippen LogP contribution >= 0.6 is 11.8 Å². The van der Waals surface area contributed by atoms with Crippen molar-refractivity contribution in [2.75, 3.05) is 24.7 Å². The number of nitrogen functional groups attached to an aromatic ring is 1. The Morgan fingerprint density at radius 2 is 1.83 bits per heavy atom. The highest BCUT2D eigenvalue weighted by molar-refractivity contribution is 7.99. The predicted molar refractivity (Wildman–Crippen MR) is 86.6 cm³/mol. The van der Waals surface area contributed by atoms with Crippen LogP contribution in [0, 0.1) is 22.7 Å². The minimum Gasteiger partial charge on any atom is -0.340 e. The Hall–Kier alpha value is -2.26. The van der Waals surface area contributed by atoms with E-state index in [4.69, 9.17) is 16.4 Å². The van der Waals surface area contributed by atoms with Gasteiger partial charge in [-0.3, -0.25) is 4.79 Å². The van der Waals surface area contributed by atoms with Gasteiger partial charge >= 0.3 is 0 Å². The molecule has 0 unspecified atom stereocenters. The number of nitrogens with zero attached hydrogens (tertiary/aromatic N) is 6. The van der Waals surface area contributed by atoms with Crippen LogP contribution in [0.1, 0.15) is 39.4 Å². The molecule has 0 saturated carbocycles. The molecule has 0 saturated heterocycles. The van der Waals surface area contributed by atoms with Crippen molar-refractivity contribution in [3.63, 3.8) is 0 Å². The van der Waals surface area contributed by atoms with Gasteiger partial charge in [0.2, 0.25) is 11.1 Å². The zero-order valence-corrected chi connectivity index (χ0v) is 14.4. The Labute approximate surface area is 140 Å². The van der Waals surface area contributed by atoms with Crippen molar-refractivity contribution in [2.24, 2.45) is 0 Å². The fourth-order valence-electron chi connectivity index (χ4n) is 1.84. The number of nitrogens with two attached hydrogens (primary N) is 1. The molecule has 124 valence electrons. The second-order valence-electron chi connectivity index (χ2n) is 5.91. The molecule has 0 aliphatic heterocycles. The highest BCUT2D eigenvalue weighted by Gasteiger charge is 2.23. The van der Waals surface area contributed by atoms with Crippen molar-refractivity contribution in [3.05, 3.63) is 5.82 Å². The summed E-state index contributed by atoms with van der Waals surface area (Å²) in [4.78, 5) is 13.7. The molecule has 2 N–H and O–H groups in total. The van der Waals surface area contributed by atoms with Crippen LogP contribution in [0.3, 0.4) is 0 Å². The standard InChI is InChI=1S/C14H21N7OS/c1-14(2,3)12-18-19-13(21(12)17)23-10-11(22)20(8-4-6-15)9-5-7-16/h4-5,8-10,17H2,1-3H3. The van der Waals surface area contributed by atoms with E-state index >= 15 is 0 Å². The van der Waals surface area contributed by atoms with Crippen LogP contribution in [0.4, 0.5) is 0 Å². The number of hydrogen-bond acceptors (Lipinski definition) is 7. The van der Waals surface area contributed by atoms with E-state index in [2.05, 4.69) is 10.2 Å². The first-order valence-corrected chi connectivity index (χ1v) is 8.15. The highest BCUT2D eigenvalue weighted by Crippen LogP contribution is 2.23. The van der Waals surface area contributed by atoms with Crippen LogP contribution in [-0.2, 0) is 10.2 Å². The number of aromatic nitrogens is 3. The molecule has 0 radical (unpaired) electrons. The van der Waals surface area contributed by atoms with Gasteiger partial charge in [-0.2, -0.15) is 10.5 Å². The zero-order valence-electron chi connectivity index (χ0n) is 13.6. The summed E-state index contributed by atoms with van der Waals surface area (Å²) in [7, 11) is 0. The van der Waals surface area contributed by atoms with Gasteiger partial charge in [0.25, 0.3) is 0 Å². The molecule has 1 rings (SSSR count). The average molecular weight is 335 g/mol. The largest absolute Gasteiger partial charge is 0.340 e. The summed E-state index contributed by atoms with van der Waals surface area (Å²) in [5.41, 5.74) is -0.240. The normalized spacial score (nSPS) is 10.8. The maximum atomic E-state index is 12.2. The van der Waals surface area contributed by atoms with Gasteiger partial charge in [0.15, 0.2) is 5.82 Å².